The van der Waals surface area contributed by atoms with E-state index in [1.807, 2.05) is 5.32 Å². The van der Waals surface area contributed by atoms with Gasteiger partial charge in [0.1, 0.15) is 8.42 Å². The molecule has 0 fully saturated rings. The van der Waals surface area contributed by atoms with E-state index in [9.17, 15) is 16.8 Å². The summed E-state index contributed by atoms with van der Waals surface area (Å²) in [6.07, 6.45) is -0.579. The minimum atomic E-state index is -4.47. The maximum atomic E-state index is 12.5. The summed E-state index contributed by atoms with van der Waals surface area (Å²) in [5.41, 5.74) is -0.613. The van der Waals surface area contributed by atoms with Gasteiger partial charge in [0, 0.05) is 18.4 Å². The fourth-order valence-electron chi connectivity index (χ4n) is 1.71. The van der Waals surface area contributed by atoms with Crippen LogP contribution in [0.15, 0.2) is 14.5 Å². The molecule has 2 atom stereocenters. The highest BCUT2D eigenvalue weighted by Gasteiger charge is 2.39. The molecule has 1 aromatic heterocycles. The van der Waals surface area contributed by atoms with Crippen LogP contribution in [0.1, 0.15) is 41.4 Å². The Kier molecular flexibility index (Phi) is 2.05. The van der Waals surface area contributed by atoms with Crippen molar-refractivity contribution in [2.75, 3.05) is 6.50 Å². The quantitative estimate of drug-likeness (QED) is 0.844. The third-order valence-corrected chi connectivity index (χ3v) is 7.81. The van der Waals surface area contributed by atoms with Crippen LogP contribution in [0.4, 0.5) is 0 Å². The largest absolute Gasteiger partial charge is 0.310 e. The van der Waals surface area contributed by atoms with Crippen molar-refractivity contribution < 1.29 is 26.4 Å². The minimum absolute atomic E-state index is 0.204. The number of sulfonamides is 1. The van der Waals surface area contributed by atoms with Gasteiger partial charge in [0.05, 0.1) is 7.99 Å². The van der Waals surface area contributed by atoms with Crippen LogP contribution in [0.3, 0.4) is 0 Å². The van der Waals surface area contributed by atoms with Crippen molar-refractivity contribution in [1.29, 1.82) is 0 Å². The maximum absolute atomic E-state index is 12.5. The second-order valence-electron chi connectivity index (χ2n) is 4.01. The Hall–Kier alpha value is -0.480. The molecular formula is C10H16N2O4S3. The van der Waals surface area contributed by atoms with Crippen molar-refractivity contribution in [1.82, 2.24) is 5.32 Å². The molecule has 1 aliphatic heterocycles. The molecule has 0 radical (unpaired) electrons. The maximum Gasteiger partial charge on any atom is 0.247 e. The first-order valence-corrected chi connectivity index (χ1v) is 8.95. The molecule has 2 rings (SSSR count). The lowest BCUT2D eigenvalue weighted by molar-refractivity contribution is 0.477. The van der Waals surface area contributed by atoms with Crippen LogP contribution in [-0.2, 0) is 19.9 Å². The number of hydrogen-bond donors (Lipinski definition) is 2. The Morgan fingerprint density at radius 2 is 2.47 bits per heavy atom. The van der Waals surface area contributed by atoms with Crippen molar-refractivity contribution in [2.45, 2.75) is 39.9 Å². The van der Waals surface area contributed by atoms with Gasteiger partial charge in [-0.15, -0.1) is 11.3 Å². The molecule has 0 spiro atoms. The lowest BCUT2D eigenvalue weighted by atomic mass is 10.1. The lowest BCUT2D eigenvalue weighted by Crippen LogP contribution is -2.33. The van der Waals surface area contributed by atoms with Gasteiger partial charge in [-0.25, -0.2) is 22.0 Å². The molecule has 0 aliphatic carbocycles. The summed E-state index contributed by atoms with van der Waals surface area (Å²) in [6, 6.07) is -3.21. The van der Waals surface area contributed by atoms with Gasteiger partial charge >= 0.3 is 0 Å². The van der Waals surface area contributed by atoms with Crippen molar-refractivity contribution in [3.63, 3.8) is 0 Å². The highest BCUT2D eigenvalue weighted by Crippen LogP contribution is 2.42. The van der Waals surface area contributed by atoms with Crippen molar-refractivity contribution >= 4 is 31.2 Å². The number of thiophene rings is 1. The van der Waals surface area contributed by atoms with E-state index in [-0.39, 0.29) is 11.3 Å². The number of primary sulfonamides is 1. The second-order valence-corrected chi connectivity index (χ2v) is 9.35. The van der Waals surface area contributed by atoms with Crippen LogP contribution >= 0.6 is 11.3 Å². The third kappa shape index (κ3) is 2.57. The van der Waals surface area contributed by atoms with Crippen LogP contribution < -0.4 is 10.5 Å². The van der Waals surface area contributed by atoms with E-state index in [4.69, 9.17) is 14.7 Å². The summed E-state index contributed by atoms with van der Waals surface area (Å²) in [4.78, 5) is 0. The van der Waals surface area contributed by atoms with Gasteiger partial charge in [-0.2, -0.15) is 0 Å². The molecule has 3 N–H and O–H groups in total. The Morgan fingerprint density at radius 1 is 1.79 bits per heavy atom. The van der Waals surface area contributed by atoms with E-state index < -0.39 is 70.9 Å². The Labute approximate surface area is 126 Å². The molecule has 0 aromatic carbocycles. The third-order valence-electron chi connectivity index (χ3n) is 2.67. The molecule has 0 saturated heterocycles. The Balaban J connectivity index is 2.80. The number of hydrogen-bond acceptors (Lipinski definition) is 6. The Bertz CT molecular complexity index is 954. The molecular weight excluding hydrogens is 308 g/mol. The molecule has 0 bridgehead atoms. The van der Waals surface area contributed by atoms with E-state index in [0.717, 1.165) is 0 Å². The van der Waals surface area contributed by atoms with E-state index in [1.165, 1.54) is 6.92 Å². The first-order chi connectivity index (χ1) is 11.3. The van der Waals surface area contributed by atoms with Gasteiger partial charge in [0.25, 0.3) is 0 Å². The lowest BCUT2D eigenvalue weighted by Gasteiger charge is -2.27. The average molecular weight is 331 g/mol. The van der Waals surface area contributed by atoms with Gasteiger partial charge in [0.2, 0.25) is 10.0 Å². The van der Waals surface area contributed by atoms with Crippen LogP contribution in [0.2, 0.25) is 0 Å². The first-order valence-electron chi connectivity index (χ1n) is 8.54. The minimum Gasteiger partial charge on any atom is -0.310 e. The summed E-state index contributed by atoms with van der Waals surface area (Å²) in [6.45, 7) is -5.06. The van der Waals surface area contributed by atoms with E-state index in [0.29, 0.717) is 0 Å². The van der Waals surface area contributed by atoms with Crippen molar-refractivity contribution in [3.8, 4) is 0 Å². The number of nitrogens with one attached hydrogen (secondary N) is 1. The van der Waals surface area contributed by atoms with Crippen LogP contribution in [0.25, 0.3) is 0 Å². The van der Waals surface area contributed by atoms with Gasteiger partial charge in [-0.3, -0.25) is 0 Å². The number of fused-ring (bicyclic) bond motifs is 1. The molecule has 19 heavy (non-hydrogen) atoms. The molecule has 2 heterocycles. The zero-order valence-corrected chi connectivity index (χ0v) is 12.2. The smallest absolute Gasteiger partial charge is 0.247 e. The normalized spacial score (nSPS) is 36.7. The Morgan fingerprint density at radius 3 is 3.05 bits per heavy atom. The van der Waals surface area contributed by atoms with E-state index in [2.05, 4.69) is 0 Å². The summed E-state index contributed by atoms with van der Waals surface area (Å²) in [5.74, 6) is 0. The van der Waals surface area contributed by atoms with E-state index >= 15 is 0 Å². The topological polar surface area (TPSA) is 106 Å². The first kappa shape index (κ1) is 8.08. The predicted molar refractivity (Wildman–Crippen MR) is 73.4 cm³/mol. The van der Waals surface area contributed by atoms with Crippen molar-refractivity contribution in [3.05, 3.63) is 11.6 Å². The fraction of sp³-hybridized carbons (Fsp3) is 0.600. The number of sulfone groups is 1. The van der Waals surface area contributed by atoms with Gasteiger partial charge in [-0.05, 0) is 25.9 Å². The van der Waals surface area contributed by atoms with Crippen LogP contribution in [0, 0.1) is 0 Å². The zero-order chi connectivity index (χ0) is 20.5. The summed E-state index contributed by atoms with van der Waals surface area (Å²) >= 11 is 0.204. The van der Waals surface area contributed by atoms with Crippen LogP contribution in [0.5, 0.6) is 0 Å². The molecule has 9 heteroatoms. The van der Waals surface area contributed by atoms with Gasteiger partial charge in [-0.1, -0.05) is 6.85 Å². The zero-order valence-electron chi connectivity index (χ0n) is 16.7. The van der Waals surface area contributed by atoms with Crippen LogP contribution in [-0.4, -0.2) is 28.6 Å². The summed E-state index contributed by atoms with van der Waals surface area (Å²) in [7, 11) is -8.56. The average Bonchev–Trinajstić information content (AvgIpc) is 2.74. The van der Waals surface area contributed by atoms with Gasteiger partial charge in [0.15, 0.2) is 9.84 Å². The summed E-state index contributed by atoms with van der Waals surface area (Å²) < 4.78 is 100. The number of nitrogens with two attached hydrogens (primary N) is 1. The highest BCUT2D eigenvalue weighted by molar-refractivity contribution is 7.95. The summed E-state index contributed by atoms with van der Waals surface area (Å²) in [5, 5.41) is 5.73. The standard InChI is InChI=1S/C10H16N2O4S3/c1-3-12-8-4-6(2)18(13,14)10-7(8)5-9(17-10)19(11,15)16/h5-6,8,12H,3-4H2,1-2H3,(H2,11,15,16)/t6-,8-/m0/s1/i1D3,3D2,5D,8D. The molecule has 0 unspecified atom stereocenters. The molecule has 6 nitrogen and oxygen atoms in total. The molecule has 108 valence electrons. The molecule has 1 aromatic rings. The van der Waals surface area contributed by atoms with Gasteiger partial charge < -0.3 is 5.32 Å². The predicted octanol–water partition coefficient (Wildman–Crippen LogP) is 0.612. The van der Waals surface area contributed by atoms with E-state index in [1.54, 1.807) is 0 Å². The molecule has 0 amide bonds. The fourth-order valence-corrected chi connectivity index (χ4v) is 5.85. The highest BCUT2D eigenvalue weighted by atomic mass is 32.3. The number of rotatable bonds is 3. The molecule has 1 aliphatic rings. The SMILES string of the molecule is [2H]c1c(S(N)(=O)=O)sc2c1[C@@]([2H])(NC([2H])([2H])C([2H])([2H])[2H])C[C@H](C)S2(=O)=O. The molecule has 0 saturated carbocycles. The van der Waals surface area contributed by atoms with Crippen molar-refractivity contribution in [2.24, 2.45) is 5.14 Å². The monoisotopic (exact) mass is 331 g/mol. The second kappa shape index (κ2) is 4.81.